The van der Waals surface area contributed by atoms with Gasteiger partial charge in [0, 0.05) is 21.3 Å². The van der Waals surface area contributed by atoms with E-state index in [9.17, 15) is 0 Å². The van der Waals surface area contributed by atoms with Crippen molar-refractivity contribution in [2.24, 2.45) is 0 Å². The van der Waals surface area contributed by atoms with Gasteiger partial charge in [0.25, 0.3) is 0 Å². The van der Waals surface area contributed by atoms with E-state index in [1.54, 1.807) is 0 Å². The summed E-state index contributed by atoms with van der Waals surface area (Å²) < 4.78 is 3.12. The number of rotatable bonds is 1. The second-order valence-corrected chi connectivity index (χ2v) is 5.48. The Morgan fingerprint density at radius 1 is 1.11 bits per heavy atom. The van der Waals surface area contributed by atoms with Gasteiger partial charge < -0.3 is 0 Å². The molecule has 4 heteroatoms. The second kappa shape index (κ2) is 4.41. The number of hydrogen-bond acceptors (Lipinski definition) is 1. The highest BCUT2D eigenvalue weighted by Crippen LogP contribution is 2.27. The van der Waals surface area contributed by atoms with Crippen LogP contribution in [0.15, 0.2) is 47.1 Å². The van der Waals surface area contributed by atoms with Gasteiger partial charge in [-0.05, 0) is 47.1 Å². The summed E-state index contributed by atoms with van der Waals surface area (Å²) in [6.07, 6.45) is 2.03. The molecule has 0 amide bonds. The summed E-state index contributed by atoms with van der Waals surface area (Å²) >= 11 is 9.42. The zero-order chi connectivity index (χ0) is 12.7. The first-order valence-corrected chi connectivity index (χ1v) is 6.72. The van der Waals surface area contributed by atoms with Gasteiger partial charge in [-0.1, -0.05) is 23.7 Å². The lowest BCUT2D eigenvalue weighted by Gasteiger charge is -2.04. The minimum atomic E-state index is 0.742. The third-order valence-electron chi connectivity index (χ3n) is 2.87. The smallest absolute Gasteiger partial charge is 0.137 e. The number of hydrogen-bond donors (Lipinski definition) is 0. The van der Waals surface area contributed by atoms with Gasteiger partial charge in [-0.3, -0.25) is 4.40 Å². The maximum atomic E-state index is 5.93. The molecule has 2 aromatic heterocycles. The highest BCUT2D eigenvalue weighted by molar-refractivity contribution is 9.10. The van der Waals surface area contributed by atoms with E-state index in [4.69, 9.17) is 11.6 Å². The number of nitrogens with zero attached hydrogens (tertiary/aromatic N) is 2. The summed E-state index contributed by atoms with van der Waals surface area (Å²) in [6.45, 7) is 2.02. The average Bonchev–Trinajstić information content (AvgIpc) is 2.66. The summed E-state index contributed by atoms with van der Waals surface area (Å²) in [5.41, 5.74) is 4.17. The number of pyridine rings is 1. The first-order valence-electron chi connectivity index (χ1n) is 5.55. The third-order valence-corrected chi connectivity index (χ3v) is 3.60. The van der Waals surface area contributed by atoms with Crippen LogP contribution in [0.4, 0.5) is 0 Å². The molecule has 0 unspecified atom stereocenters. The predicted octanol–water partition coefficient (Wildman–Crippen LogP) is 4.73. The maximum Gasteiger partial charge on any atom is 0.137 e. The van der Waals surface area contributed by atoms with Crippen LogP contribution >= 0.6 is 27.5 Å². The third kappa shape index (κ3) is 1.93. The normalized spacial score (nSPS) is 11.1. The Bertz CT molecular complexity index is 716. The van der Waals surface area contributed by atoms with E-state index in [2.05, 4.69) is 25.3 Å². The molecule has 0 spiro atoms. The van der Waals surface area contributed by atoms with Gasteiger partial charge in [0.1, 0.15) is 5.65 Å². The lowest BCUT2D eigenvalue weighted by atomic mass is 10.1. The van der Waals surface area contributed by atoms with Crippen molar-refractivity contribution < 1.29 is 0 Å². The molecule has 0 aliphatic rings. The SMILES string of the molecule is Cc1nc2ccc(Br)cn2c1-c1ccc(Cl)cc1. The van der Waals surface area contributed by atoms with E-state index in [0.29, 0.717) is 0 Å². The minimum Gasteiger partial charge on any atom is -0.298 e. The molecule has 0 fully saturated rings. The molecular formula is C14H10BrClN2. The van der Waals surface area contributed by atoms with Crippen LogP contribution < -0.4 is 0 Å². The van der Waals surface area contributed by atoms with Crippen molar-refractivity contribution in [1.29, 1.82) is 0 Å². The van der Waals surface area contributed by atoms with E-state index in [1.165, 1.54) is 0 Å². The van der Waals surface area contributed by atoms with Crippen molar-refractivity contribution in [3.8, 4) is 11.3 Å². The zero-order valence-electron chi connectivity index (χ0n) is 9.69. The molecule has 0 atom stereocenters. The molecule has 90 valence electrons. The molecule has 0 radical (unpaired) electrons. The van der Waals surface area contributed by atoms with Crippen molar-refractivity contribution in [3.63, 3.8) is 0 Å². The lowest BCUT2D eigenvalue weighted by Crippen LogP contribution is -1.89. The Morgan fingerprint density at radius 3 is 2.56 bits per heavy atom. The van der Waals surface area contributed by atoms with E-state index >= 15 is 0 Å². The van der Waals surface area contributed by atoms with Gasteiger partial charge in [-0.15, -0.1) is 0 Å². The number of imidazole rings is 1. The van der Waals surface area contributed by atoms with Crippen LogP contribution in [0, 0.1) is 6.92 Å². The van der Waals surface area contributed by atoms with Crippen molar-refractivity contribution in [2.45, 2.75) is 6.92 Å². The van der Waals surface area contributed by atoms with Crippen LogP contribution in [0.5, 0.6) is 0 Å². The molecule has 18 heavy (non-hydrogen) atoms. The Labute approximate surface area is 118 Å². The largest absolute Gasteiger partial charge is 0.298 e. The molecular weight excluding hydrogens is 312 g/mol. The van der Waals surface area contributed by atoms with Crippen LogP contribution in [-0.2, 0) is 0 Å². The second-order valence-electron chi connectivity index (χ2n) is 4.13. The van der Waals surface area contributed by atoms with Gasteiger partial charge in [-0.2, -0.15) is 0 Å². The molecule has 0 saturated carbocycles. The van der Waals surface area contributed by atoms with E-state index < -0.39 is 0 Å². The molecule has 3 rings (SSSR count). The predicted molar refractivity (Wildman–Crippen MR) is 78.1 cm³/mol. The van der Waals surface area contributed by atoms with Gasteiger partial charge in [0.2, 0.25) is 0 Å². The molecule has 0 aliphatic heterocycles. The summed E-state index contributed by atoms with van der Waals surface area (Å²) in [4.78, 5) is 4.56. The molecule has 0 saturated heterocycles. The van der Waals surface area contributed by atoms with E-state index in [0.717, 1.165) is 32.1 Å². The lowest BCUT2D eigenvalue weighted by molar-refractivity contribution is 1.18. The molecule has 0 aliphatic carbocycles. The Balaban J connectivity index is 2.30. The Hall–Kier alpha value is -1.32. The quantitative estimate of drug-likeness (QED) is 0.633. The molecule has 2 heterocycles. The fourth-order valence-electron chi connectivity index (χ4n) is 2.09. The van der Waals surface area contributed by atoms with Crippen molar-refractivity contribution in [1.82, 2.24) is 9.38 Å². The van der Waals surface area contributed by atoms with Crippen LogP contribution in [0.2, 0.25) is 5.02 Å². The summed E-state index contributed by atoms with van der Waals surface area (Å²) in [6, 6.07) is 11.8. The zero-order valence-corrected chi connectivity index (χ0v) is 12.0. The summed E-state index contributed by atoms with van der Waals surface area (Å²) in [5, 5.41) is 0.742. The summed E-state index contributed by atoms with van der Waals surface area (Å²) in [5.74, 6) is 0. The monoisotopic (exact) mass is 320 g/mol. The van der Waals surface area contributed by atoms with Gasteiger partial charge in [-0.25, -0.2) is 4.98 Å². The molecule has 0 bridgehead atoms. The van der Waals surface area contributed by atoms with Gasteiger partial charge in [0.15, 0.2) is 0 Å². The fraction of sp³-hybridized carbons (Fsp3) is 0.0714. The molecule has 1 aromatic carbocycles. The molecule has 3 aromatic rings. The average molecular weight is 322 g/mol. The summed E-state index contributed by atoms with van der Waals surface area (Å²) in [7, 11) is 0. The number of halogens is 2. The number of aromatic nitrogens is 2. The standard InChI is InChI=1S/C14H10BrClN2/c1-9-14(10-2-5-12(16)6-3-10)18-8-11(15)4-7-13(18)17-9/h2-8H,1H3. The van der Waals surface area contributed by atoms with Crippen molar-refractivity contribution in [3.05, 3.63) is 57.8 Å². The van der Waals surface area contributed by atoms with Crippen LogP contribution in [-0.4, -0.2) is 9.38 Å². The van der Waals surface area contributed by atoms with E-state index in [1.807, 2.05) is 49.5 Å². The number of aryl methyl sites for hydroxylation is 1. The van der Waals surface area contributed by atoms with Gasteiger partial charge in [0.05, 0.1) is 11.4 Å². The molecule has 2 nitrogen and oxygen atoms in total. The van der Waals surface area contributed by atoms with E-state index in [-0.39, 0.29) is 0 Å². The maximum absolute atomic E-state index is 5.93. The number of fused-ring (bicyclic) bond motifs is 1. The topological polar surface area (TPSA) is 17.3 Å². The van der Waals surface area contributed by atoms with Gasteiger partial charge >= 0.3 is 0 Å². The van der Waals surface area contributed by atoms with Crippen molar-refractivity contribution in [2.75, 3.05) is 0 Å². The van der Waals surface area contributed by atoms with Crippen LogP contribution in [0.3, 0.4) is 0 Å². The first-order chi connectivity index (χ1) is 8.65. The Kier molecular flexibility index (Phi) is 2.88. The highest BCUT2D eigenvalue weighted by Gasteiger charge is 2.10. The van der Waals surface area contributed by atoms with Crippen LogP contribution in [0.1, 0.15) is 5.69 Å². The molecule has 0 N–H and O–H groups in total. The fourth-order valence-corrected chi connectivity index (χ4v) is 2.55. The Morgan fingerprint density at radius 2 is 1.83 bits per heavy atom. The highest BCUT2D eigenvalue weighted by atomic mass is 79.9. The van der Waals surface area contributed by atoms with Crippen molar-refractivity contribution >= 4 is 33.2 Å². The minimum absolute atomic E-state index is 0.742. The number of benzene rings is 1. The first kappa shape index (κ1) is 11.8. The van der Waals surface area contributed by atoms with Crippen LogP contribution in [0.25, 0.3) is 16.9 Å².